The minimum Gasteiger partial charge on any atom is -0.466 e. The van der Waals surface area contributed by atoms with E-state index in [4.69, 9.17) is 14.2 Å². The normalized spacial score (nSPS) is 18.2. The molecule has 7 unspecified atom stereocenters. The number of allylic oxidation sites excluding steroid dienone is 5. The third-order valence-electron chi connectivity index (χ3n) is 17.2. The molecular formula is C73H137NO10. The number of aliphatic hydroxyl groups is 5. The van der Waals surface area contributed by atoms with Gasteiger partial charge >= 0.3 is 5.97 Å². The van der Waals surface area contributed by atoms with Gasteiger partial charge < -0.3 is 45.1 Å². The molecule has 7 atom stereocenters. The Morgan fingerprint density at radius 1 is 0.429 bits per heavy atom. The van der Waals surface area contributed by atoms with Crippen molar-refractivity contribution in [2.24, 2.45) is 0 Å². The minimum absolute atomic E-state index is 0.0112. The maximum atomic E-state index is 13.1. The van der Waals surface area contributed by atoms with Crippen LogP contribution in [0, 0.1) is 0 Å². The van der Waals surface area contributed by atoms with Crippen LogP contribution >= 0.6 is 0 Å². The Kier molecular flexibility index (Phi) is 59.4. The lowest BCUT2D eigenvalue weighted by molar-refractivity contribution is -0.302. The number of hydrogen-bond acceptors (Lipinski definition) is 10. The third kappa shape index (κ3) is 50.8. The van der Waals surface area contributed by atoms with Gasteiger partial charge in [-0.25, -0.2) is 0 Å². The summed E-state index contributed by atoms with van der Waals surface area (Å²) in [5.74, 6) is -0.177. The van der Waals surface area contributed by atoms with Crippen molar-refractivity contribution in [2.45, 2.75) is 397 Å². The molecule has 1 aliphatic rings. The van der Waals surface area contributed by atoms with Gasteiger partial charge in [-0.3, -0.25) is 9.59 Å². The van der Waals surface area contributed by atoms with Crippen LogP contribution in [-0.4, -0.2) is 100 Å². The van der Waals surface area contributed by atoms with Gasteiger partial charge in [0.2, 0.25) is 5.91 Å². The molecule has 1 saturated heterocycles. The number of esters is 1. The van der Waals surface area contributed by atoms with Crippen molar-refractivity contribution >= 4 is 11.9 Å². The fourth-order valence-electron chi connectivity index (χ4n) is 11.5. The summed E-state index contributed by atoms with van der Waals surface area (Å²) in [5.41, 5.74) is 0. The molecular weight excluding hydrogens is 1050 g/mol. The molecule has 0 bridgehead atoms. The van der Waals surface area contributed by atoms with E-state index in [9.17, 15) is 35.1 Å². The molecule has 11 nitrogen and oxygen atoms in total. The molecule has 1 heterocycles. The third-order valence-corrected chi connectivity index (χ3v) is 17.2. The molecule has 0 aromatic carbocycles. The molecule has 1 rings (SSSR count). The second kappa shape index (κ2) is 62.5. The van der Waals surface area contributed by atoms with Crippen molar-refractivity contribution in [3.63, 3.8) is 0 Å². The van der Waals surface area contributed by atoms with Crippen LogP contribution in [0.4, 0.5) is 0 Å². The molecule has 1 fully saturated rings. The molecule has 0 saturated carbocycles. The van der Waals surface area contributed by atoms with Gasteiger partial charge in [0.15, 0.2) is 6.29 Å². The van der Waals surface area contributed by atoms with Crippen molar-refractivity contribution in [3.05, 3.63) is 36.5 Å². The number of amides is 1. The first-order valence-electron chi connectivity index (χ1n) is 36.3. The molecule has 84 heavy (non-hydrogen) atoms. The molecule has 1 aliphatic heterocycles. The highest BCUT2D eigenvalue weighted by Gasteiger charge is 2.44. The molecule has 0 aromatic rings. The van der Waals surface area contributed by atoms with Crippen molar-refractivity contribution in [1.29, 1.82) is 0 Å². The van der Waals surface area contributed by atoms with Crippen LogP contribution < -0.4 is 5.32 Å². The molecule has 494 valence electrons. The van der Waals surface area contributed by atoms with Gasteiger partial charge in [0.05, 0.1) is 32.0 Å². The van der Waals surface area contributed by atoms with Gasteiger partial charge in [-0.2, -0.15) is 0 Å². The van der Waals surface area contributed by atoms with Crippen LogP contribution in [0.5, 0.6) is 0 Å². The van der Waals surface area contributed by atoms with Crippen LogP contribution in [0.2, 0.25) is 0 Å². The van der Waals surface area contributed by atoms with Crippen molar-refractivity contribution in [2.75, 3.05) is 19.8 Å². The monoisotopic (exact) mass is 1190 g/mol. The van der Waals surface area contributed by atoms with E-state index in [1.54, 1.807) is 6.08 Å². The summed E-state index contributed by atoms with van der Waals surface area (Å²) in [6.45, 7) is 4.35. The highest BCUT2D eigenvalue weighted by Crippen LogP contribution is 2.23. The van der Waals surface area contributed by atoms with Gasteiger partial charge in [0, 0.05) is 12.8 Å². The summed E-state index contributed by atoms with van der Waals surface area (Å²) in [5, 5.41) is 54.4. The summed E-state index contributed by atoms with van der Waals surface area (Å²) in [6, 6.07) is -0.825. The van der Waals surface area contributed by atoms with E-state index < -0.39 is 49.5 Å². The van der Waals surface area contributed by atoms with Crippen LogP contribution in [0.15, 0.2) is 36.5 Å². The number of hydrogen-bond donors (Lipinski definition) is 6. The standard InChI is InChI=1S/C73H137NO10/c1-3-5-7-9-11-13-15-40-43-47-51-55-59-66(76)65(64-83-73-72(81)71(80)70(79)67(63-75)84-73)74-68(77)60-56-52-48-44-41-37-35-33-31-29-27-25-23-21-19-17-16-18-20-22-24-26-28-30-32-34-36-38-42-46-50-54-58-62-82-69(78)61-57-53-49-45-39-14-12-10-8-6-4-2/h20,22,40,43,55,59,65-67,70-73,75-76,79-81H,3-19,21,23-39,41-42,44-54,56-58,60-64H2,1-2H3,(H,74,77)/b22-20-,43-40+,59-55+. The minimum atomic E-state index is -1.57. The zero-order chi connectivity index (χ0) is 60.9. The van der Waals surface area contributed by atoms with E-state index in [0.717, 1.165) is 51.4 Å². The van der Waals surface area contributed by atoms with Crippen LogP contribution in [0.3, 0.4) is 0 Å². The molecule has 11 heteroatoms. The Hall–Kier alpha value is -2.12. The molecule has 0 radical (unpaired) electrons. The Labute approximate surface area is 517 Å². The number of rotatable bonds is 64. The first-order chi connectivity index (χ1) is 41.2. The van der Waals surface area contributed by atoms with Crippen LogP contribution in [0.25, 0.3) is 0 Å². The smallest absolute Gasteiger partial charge is 0.305 e. The number of nitrogens with one attached hydrogen (secondary N) is 1. The summed E-state index contributed by atoms with van der Waals surface area (Å²) in [7, 11) is 0. The molecule has 6 N–H and O–H groups in total. The van der Waals surface area contributed by atoms with E-state index >= 15 is 0 Å². The fraction of sp³-hybridized carbons (Fsp3) is 0.890. The van der Waals surface area contributed by atoms with Crippen molar-refractivity contribution in [1.82, 2.24) is 5.32 Å². The first kappa shape index (κ1) is 79.9. The predicted octanol–water partition coefficient (Wildman–Crippen LogP) is 18.6. The van der Waals surface area contributed by atoms with Gasteiger partial charge in [0.25, 0.3) is 0 Å². The second-order valence-corrected chi connectivity index (χ2v) is 25.3. The van der Waals surface area contributed by atoms with E-state index in [1.165, 1.54) is 276 Å². The summed E-state index contributed by atoms with van der Waals surface area (Å²) in [6.07, 6.45) is 70.1. The van der Waals surface area contributed by atoms with Crippen LogP contribution in [-0.2, 0) is 23.8 Å². The summed E-state index contributed by atoms with van der Waals surface area (Å²) in [4.78, 5) is 25.1. The number of unbranched alkanes of at least 4 members (excludes halogenated alkanes) is 46. The molecule has 1 amide bonds. The van der Waals surface area contributed by atoms with E-state index in [2.05, 4.69) is 43.5 Å². The Balaban J connectivity index is 1.94. The Morgan fingerprint density at radius 2 is 0.774 bits per heavy atom. The average Bonchev–Trinajstić information content (AvgIpc) is 3.70. The lowest BCUT2D eigenvalue weighted by atomic mass is 9.99. The van der Waals surface area contributed by atoms with Gasteiger partial charge in [-0.05, 0) is 70.6 Å². The Bertz CT molecular complexity index is 1490. The van der Waals surface area contributed by atoms with Gasteiger partial charge in [-0.1, -0.05) is 307 Å². The fourth-order valence-corrected chi connectivity index (χ4v) is 11.5. The number of ether oxygens (including phenoxy) is 3. The van der Waals surface area contributed by atoms with Gasteiger partial charge in [0.1, 0.15) is 24.4 Å². The molecule has 0 spiro atoms. The van der Waals surface area contributed by atoms with E-state index in [-0.39, 0.29) is 18.5 Å². The van der Waals surface area contributed by atoms with E-state index in [0.29, 0.717) is 19.4 Å². The quantitative estimate of drug-likeness (QED) is 0.0195. The molecule has 0 aliphatic carbocycles. The number of carbonyl (C=O) groups is 2. The highest BCUT2D eigenvalue weighted by molar-refractivity contribution is 5.76. The summed E-state index contributed by atoms with van der Waals surface area (Å²) >= 11 is 0. The lowest BCUT2D eigenvalue weighted by Gasteiger charge is -2.40. The summed E-state index contributed by atoms with van der Waals surface area (Å²) < 4.78 is 16.7. The average molecular weight is 1190 g/mol. The van der Waals surface area contributed by atoms with Crippen LogP contribution in [0.1, 0.15) is 354 Å². The maximum absolute atomic E-state index is 13.1. The second-order valence-electron chi connectivity index (χ2n) is 25.3. The SMILES string of the molecule is CCCCCCCC/C=C/CC/C=C/C(O)C(COC1OC(CO)C(O)C(O)C1O)NC(=O)CCCCCCCCCCCCCCCCCCC/C=C\CCCCCCCCCCCCCCOC(=O)CCCCCCCCCCCCC. The topological polar surface area (TPSA) is 175 Å². The number of carbonyl (C=O) groups excluding carboxylic acids is 2. The highest BCUT2D eigenvalue weighted by atomic mass is 16.7. The lowest BCUT2D eigenvalue weighted by Crippen LogP contribution is -2.60. The van der Waals surface area contributed by atoms with E-state index in [1.807, 2.05) is 6.08 Å². The predicted molar refractivity (Wildman–Crippen MR) is 352 cm³/mol. The van der Waals surface area contributed by atoms with Crippen molar-refractivity contribution < 1.29 is 49.3 Å². The maximum Gasteiger partial charge on any atom is 0.305 e. The molecule has 0 aromatic heterocycles. The first-order valence-corrected chi connectivity index (χ1v) is 36.3. The Morgan fingerprint density at radius 3 is 1.18 bits per heavy atom. The largest absolute Gasteiger partial charge is 0.466 e. The zero-order valence-corrected chi connectivity index (χ0v) is 54.9. The van der Waals surface area contributed by atoms with Crippen molar-refractivity contribution in [3.8, 4) is 0 Å². The number of aliphatic hydroxyl groups excluding tert-OH is 5. The van der Waals surface area contributed by atoms with Gasteiger partial charge in [-0.15, -0.1) is 0 Å². The zero-order valence-electron chi connectivity index (χ0n) is 54.9.